The largest absolute Gasteiger partial charge is 0.348 e. The molecule has 0 saturated heterocycles. The van der Waals surface area contributed by atoms with Crippen LogP contribution in [0, 0.1) is 0 Å². The first-order chi connectivity index (χ1) is 8.84. The topological polar surface area (TPSA) is 29.3 Å². The highest BCUT2D eigenvalue weighted by Gasteiger charge is 2.18. The summed E-state index contributed by atoms with van der Waals surface area (Å²) < 4.78 is 0. The van der Waals surface area contributed by atoms with Gasteiger partial charge in [-0.15, -0.1) is 0 Å². The van der Waals surface area contributed by atoms with Crippen LogP contribution in [-0.2, 0) is 6.54 Å². The van der Waals surface area contributed by atoms with Gasteiger partial charge in [0, 0.05) is 12.2 Å². The highest BCUT2D eigenvalue weighted by atomic mass is 15.2. The van der Waals surface area contributed by atoms with Crippen molar-refractivity contribution in [3.8, 4) is 0 Å². The number of fused-ring (bicyclic) bond motifs is 1. The molecule has 0 aliphatic carbocycles. The van der Waals surface area contributed by atoms with E-state index in [0.29, 0.717) is 0 Å². The summed E-state index contributed by atoms with van der Waals surface area (Å²) in [7, 11) is 0. The van der Waals surface area contributed by atoms with Crippen LogP contribution < -0.4 is 10.6 Å². The number of para-hydroxylation sites is 1. The highest BCUT2D eigenvalue weighted by molar-refractivity contribution is 5.72. The van der Waals surface area contributed by atoms with Gasteiger partial charge in [-0.2, -0.15) is 0 Å². The summed E-state index contributed by atoms with van der Waals surface area (Å²) in [5, 5.41) is 0. The van der Waals surface area contributed by atoms with E-state index in [1.54, 1.807) is 0 Å². The molecular formula is C16H16N2. The minimum atomic E-state index is -0.0555. The van der Waals surface area contributed by atoms with Crippen molar-refractivity contribution in [2.75, 3.05) is 4.90 Å². The molecule has 0 radical (unpaired) electrons. The molecule has 1 aliphatic heterocycles. The molecule has 1 heterocycles. The van der Waals surface area contributed by atoms with E-state index >= 15 is 0 Å². The quantitative estimate of drug-likeness (QED) is 0.868. The summed E-state index contributed by atoms with van der Waals surface area (Å²) in [6.07, 6.45) is 4.09. The second-order valence-electron chi connectivity index (χ2n) is 4.52. The Labute approximate surface area is 107 Å². The molecule has 0 amide bonds. The van der Waals surface area contributed by atoms with E-state index in [9.17, 15) is 0 Å². The van der Waals surface area contributed by atoms with Gasteiger partial charge in [0.2, 0.25) is 0 Å². The Balaban J connectivity index is 1.94. The van der Waals surface area contributed by atoms with Crippen LogP contribution in [-0.4, -0.2) is 6.17 Å². The molecule has 1 unspecified atom stereocenters. The summed E-state index contributed by atoms with van der Waals surface area (Å²) in [5.74, 6) is 0. The lowest BCUT2D eigenvalue weighted by molar-refractivity contribution is 0.704. The van der Waals surface area contributed by atoms with Gasteiger partial charge in [-0.3, -0.25) is 0 Å². The van der Waals surface area contributed by atoms with Crippen LogP contribution in [0.15, 0.2) is 60.7 Å². The van der Waals surface area contributed by atoms with Gasteiger partial charge in [0.1, 0.15) is 0 Å². The Bertz CT molecular complexity index is 560. The van der Waals surface area contributed by atoms with Crippen LogP contribution in [0.5, 0.6) is 0 Å². The Morgan fingerprint density at radius 2 is 1.67 bits per heavy atom. The van der Waals surface area contributed by atoms with E-state index < -0.39 is 0 Å². The molecule has 0 aromatic heterocycles. The summed E-state index contributed by atoms with van der Waals surface area (Å²) in [6, 6.07) is 18.8. The van der Waals surface area contributed by atoms with Gasteiger partial charge < -0.3 is 10.6 Å². The zero-order chi connectivity index (χ0) is 12.4. The fourth-order valence-electron chi connectivity index (χ4n) is 2.33. The Kier molecular flexibility index (Phi) is 2.87. The summed E-state index contributed by atoms with van der Waals surface area (Å²) in [5.41, 5.74) is 9.89. The molecule has 3 rings (SSSR count). The number of benzene rings is 2. The predicted molar refractivity (Wildman–Crippen MR) is 76.1 cm³/mol. The Hall–Kier alpha value is -2.06. The van der Waals surface area contributed by atoms with E-state index in [1.807, 2.05) is 12.1 Å². The molecular weight excluding hydrogens is 220 g/mol. The number of hydrogen-bond donors (Lipinski definition) is 1. The van der Waals surface area contributed by atoms with Crippen molar-refractivity contribution >= 4 is 11.8 Å². The first-order valence-corrected chi connectivity index (χ1v) is 6.18. The Morgan fingerprint density at radius 3 is 2.50 bits per heavy atom. The maximum atomic E-state index is 6.18. The van der Waals surface area contributed by atoms with E-state index in [0.717, 1.165) is 6.54 Å². The molecule has 2 heteroatoms. The van der Waals surface area contributed by atoms with Crippen molar-refractivity contribution < 1.29 is 0 Å². The molecule has 2 aromatic carbocycles. The standard InChI is InChI=1S/C16H16N2/c17-16-11-10-14-8-4-5-9-15(14)18(16)12-13-6-2-1-3-7-13/h1-11,16H,12,17H2. The van der Waals surface area contributed by atoms with Crippen molar-refractivity contribution in [3.63, 3.8) is 0 Å². The average molecular weight is 236 g/mol. The van der Waals surface area contributed by atoms with Gasteiger partial charge in [0.25, 0.3) is 0 Å². The van der Waals surface area contributed by atoms with Gasteiger partial charge in [-0.05, 0) is 23.3 Å². The van der Waals surface area contributed by atoms with Crippen molar-refractivity contribution in [2.24, 2.45) is 5.73 Å². The SMILES string of the molecule is NC1C=Cc2ccccc2N1Cc1ccccc1. The minimum Gasteiger partial charge on any atom is -0.348 e. The van der Waals surface area contributed by atoms with Crippen LogP contribution in [0.3, 0.4) is 0 Å². The molecule has 18 heavy (non-hydrogen) atoms. The summed E-state index contributed by atoms with van der Waals surface area (Å²) in [4.78, 5) is 2.23. The van der Waals surface area contributed by atoms with Gasteiger partial charge in [-0.1, -0.05) is 54.6 Å². The third-order valence-corrected chi connectivity index (χ3v) is 3.27. The van der Waals surface area contributed by atoms with Crippen LogP contribution in [0.25, 0.3) is 6.08 Å². The third kappa shape index (κ3) is 2.03. The molecule has 1 atom stereocenters. The van der Waals surface area contributed by atoms with E-state index in [1.165, 1.54) is 16.8 Å². The van der Waals surface area contributed by atoms with Crippen LogP contribution in [0.2, 0.25) is 0 Å². The monoisotopic (exact) mass is 236 g/mol. The smallest absolute Gasteiger partial charge is 0.0968 e. The fourth-order valence-corrected chi connectivity index (χ4v) is 2.33. The molecule has 0 fully saturated rings. The van der Waals surface area contributed by atoms with Crippen molar-refractivity contribution in [3.05, 3.63) is 71.8 Å². The lowest BCUT2D eigenvalue weighted by atomic mass is 10.1. The number of nitrogens with two attached hydrogens (primary N) is 1. The van der Waals surface area contributed by atoms with Crippen molar-refractivity contribution in [2.45, 2.75) is 12.7 Å². The van der Waals surface area contributed by atoms with Gasteiger partial charge in [0.05, 0.1) is 6.17 Å². The first kappa shape index (κ1) is 11.1. The maximum absolute atomic E-state index is 6.18. The molecule has 2 nitrogen and oxygen atoms in total. The van der Waals surface area contributed by atoms with Crippen LogP contribution in [0.1, 0.15) is 11.1 Å². The molecule has 0 bridgehead atoms. The lowest BCUT2D eigenvalue weighted by Gasteiger charge is -2.33. The first-order valence-electron chi connectivity index (χ1n) is 6.18. The molecule has 1 aliphatic rings. The minimum absolute atomic E-state index is 0.0555. The second kappa shape index (κ2) is 4.67. The summed E-state index contributed by atoms with van der Waals surface area (Å²) >= 11 is 0. The Morgan fingerprint density at radius 1 is 0.944 bits per heavy atom. The zero-order valence-corrected chi connectivity index (χ0v) is 10.2. The average Bonchev–Trinajstić information content (AvgIpc) is 2.43. The molecule has 0 spiro atoms. The zero-order valence-electron chi connectivity index (χ0n) is 10.2. The van der Waals surface area contributed by atoms with E-state index in [4.69, 9.17) is 5.73 Å². The number of rotatable bonds is 2. The third-order valence-electron chi connectivity index (χ3n) is 3.27. The normalized spacial score (nSPS) is 17.6. The molecule has 0 saturated carbocycles. The van der Waals surface area contributed by atoms with E-state index in [2.05, 4.69) is 59.5 Å². The van der Waals surface area contributed by atoms with Crippen molar-refractivity contribution in [1.29, 1.82) is 0 Å². The van der Waals surface area contributed by atoms with Gasteiger partial charge in [-0.25, -0.2) is 0 Å². The van der Waals surface area contributed by atoms with Crippen LogP contribution in [0.4, 0.5) is 5.69 Å². The van der Waals surface area contributed by atoms with Gasteiger partial charge in [0.15, 0.2) is 0 Å². The van der Waals surface area contributed by atoms with Crippen molar-refractivity contribution in [1.82, 2.24) is 0 Å². The highest BCUT2D eigenvalue weighted by Crippen LogP contribution is 2.28. The second-order valence-corrected chi connectivity index (χ2v) is 4.52. The van der Waals surface area contributed by atoms with E-state index in [-0.39, 0.29) is 6.17 Å². The number of anilines is 1. The molecule has 2 N–H and O–H groups in total. The number of nitrogens with zero attached hydrogens (tertiary/aromatic N) is 1. The number of hydrogen-bond acceptors (Lipinski definition) is 2. The summed E-state index contributed by atoms with van der Waals surface area (Å²) in [6.45, 7) is 0.837. The predicted octanol–water partition coefficient (Wildman–Crippen LogP) is 3.00. The molecule has 2 aromatic rings. The molecule has 90 valence electrons. The van der Waals surface area contributed by atoms with Gasteiger partial charge >= 0.3 is 0 Å². The van der Waals surface area contributed by atoms with Crippen LogP contribution >= 0.6 is 0 Å². The fraction of sp³-hybridized carbons (Fsp3) is 0.125. The maximum Gasteiger partial charge on any atom is 0.0968 e. The lowest BCUT2D eigenvalue weighted by Crippen LogP contribution is -2.41.